The molecule has 1 amide bonds. The number of aryl methyl sites for hydroxylation is 3. The van der Waals surface area contributed by atoms with Crippen LogP contribution in [0.25, 0.3) is 0 Å². The van der Waals surface area contributed by atoms with Gasteiger partial charge >= 0.3 is 0 Å². The number of likely N-dealkylation sites (tertiary alicyclic amines) is 1. The summed E-state index contributed by atoms with van der Waals surface area (Å²) in [6.07, 6.45) is 4.83. The van der Waals surface area contributed by atoms with Crippen molar-refractivity contribution in [3.8, 4) is 0 Å². The molecule has 1 aromatic heterocycles. The molecule has 20 heavy (non-hydrogen) atoms. The highest BCUT2D eigenvalue weighted by atomic mass is 32.1. The molecule has 112 valence electrons. The van der Waals surface area contributed by atoms with Crippen LogP contribution in [0.1, 0.15) is 41.0 Å². The minimum atomic E-state index is 0.324. The van der Waals surface area contributed by atoms with Crippen molar-refractivity contribution in [1.29, 1.82) is 0 Å². The van der Waals surface area contributed by atoms with E-state index in [2.05, 4.69) is 19.9 Å². The molecule has 1 saturated heterocycles. The molecule has 4 heteroatoms. The Bertz CT molecular complexity index is 447. The number of piperidine rings is 1. The first-order valence-corrected chi connectivity index (χ1v) is 8.45. The molecular weight excluding hydrogens is 268 g/mol. The van der Waals surface area contributed by atoms with E-state index in [-0.39, 0.29) is 0 Å². The van der Waals surface area contributed by atoms with Crippen molar-refractivity contribution >= 4 is 17.2 Å². The van der Waals surface area contributed by atoms with E-state index in [1.54, 1.807) is 0 Å². The van der Waals surface area contributed by atoms with Gasteiger partial charge in [0.25, 0.3) is 0 Å². The monoisotopic (exact) mass is 294 g/mol. The van der Waals surface area contributed by atoms with Gasteiger partial charge in [-0.15, -0.1) is 11.3 Å². The molecule has 0 aliphatic carbocycles. The van der Waals surface area contributed by atoms with E-state index < -0.39 is 0 Å². The fraction of sp³-hybridized carbons (Fsp3) is 0.688. The number of carbonyl (C=O) groups is 1. The van der Waals surface area contributed by atoms with Crippen LogP contribution in [0.2, 0.25) is 0 Å². The molecule has 1 aliphatic heterocycles. The third-order valence-electron chi connectivity index (χ3n) is 4.28. The summed E-state index contributed by atoms with van der Waals surface area (Å²) in [5, 5.41) is 0. The maximum atomic E-state index is 12.2. The molecule has 0 aromatic carbocycles. The van der Waals surface area contributed by atoms with E-state index in [1.165, 1.54) is 15.3 Å². The molecule has 0 atom stereocenters. The van der Waals surface area contributed by atoms with Gasteiger partial charge < -0.3 is 10.6 Å². The first-order valence-electron chi connectivity index (χ1n) is 7.64. The predicted molar refractivity (Wildman–Crippen MR) is 85.1 cm³/mol. The van der Waals surface area contributed by atoms with Crippen molar-refractivity contribution in [3.05, 3.63) is 21.4 Å². The van der Waals surface area contributed by atoms with Crippen molar-refractivity contribution in [1.82, 2.24) is 4.90 Å². The van der Waals surface area contributed by atoms with Gasteiger partial charge in [0.1, 0.15) is 0 Å². The Morgan fingerprint density at radius 2 is 2.10 bits per heavy atom. The summed E-state index contributed by atoms with van der Waals surface area (Å²) in [5.74, 6) is 0.945. The molecule has 0 spiro atoms. The van der Waals surface area contributed by atoms with E-state index in [0.29, 0.717) is 18.2 Å². The highest BCUT2D eigenvalue weighted by Gasteiger charge is 2.21. The van der Waals surface area contributed by atoms with Crippen LogP contribution in [0.15, 0.2) is 6.07 Å². The van der Waals surface area contributed by atoms with Gasteiger partial charge in [-0.25, -0.2) is 0 Å². The van der Waals surface area contributed by atoms with Crippen LogP contribution >= 0.6 is 11.3 Å². The van der Waals surface area contributed by atoms with Gasteiger partial charge in [0.05, 0.1) is 0 Å². The number of thiophene rings is 1. The van der Waals surface area contributed by atoms with Crippen LogP contribution in [0.5, 0.6) is 0 Å². The van der Waals surface area contributed by atoms with Crippen LogP contribution < -0.4 is 5.73 Å². The second-order valence-corrected chi connectivity index (χ2v) is 7.31. The molecule has 0 unspecified atom stereocenters. The lowest BCUT2D eigenvalue weighted by atomic mass is 9.97. The Kier molecular flexibility index (Phi) is 5.61. The Morgan fingerprint density at radius 3 is 2.65 bits per heavy atom. The molecule has 0 saturated carbocycles. The molecule has 3 nitrogen and oxygen atoms in total. The molecule has 1 aliphatic rings. The number of hydrogen-bond acceptors (Lipinski definition) is 3. The Labute approximate surface area is 126 Å². The van der Waals surface area contributed by atoms with Gasteiger partial charge in [-0.05, 0) is 63.6 Å². The zero-order valence-electron chi connectivity index (χ0n) is 12.7. The predicted octanol–water partition coefficient (Wildman–Crippen LogP) is 2.88. The number of nitrogens with two attached hydrogens (primary N) is 1. The van der Waals surface area contributed by atoms with Gasteiger partial charge in [-0.3, -0.25) is 4.79 Å². The number of nitrogens with zero attached hydrogens (tertiary/aromatic N) is 1. The van der Waals surface area contributed by atoms with Crippen molar-refractivity contribution in [2.45, 2.75) is 46.0 Å². The smallest absolute Gasteiger partial charge is 0.222 e. The van der Waals surface area contributed by atoms with Gasteiger partial charge in [0, 0.05) is 29.3 Å². The van der Waals surface area contributed by atoms with Gasteiger partial charge in [0.2, 0.25) is 5.91 Å². The van der Waals surface area contributed by atoms with Crippen LogP contribution in [0.3, 0.4) is 0 Å². The highest BCUT2D eigenvalue weighted by Crippen LogP contribution is 2.22. The minimum Gasteiger partial charge on any atom is -0.343 e. The van der Waals surface area contributed by atoms with E-state index in [1.807, 2.05) is 16.2 Å². The molecule has 1 aromatic rings. The minimum absolute atomic E-state index is 0.324. The summed E-state index contributed by atoms with van der Waals surface area (Å²) < 4.78 is 0. The van der Waals surface area contributed by atoms with Crippen LogP contribution in [0, 0.1) is 19.8 Å². The first-order chi connectivity index (χ1) is 9.60. The second-order valence-electron chi connectivity index (χ2n) is 5.85. The summed E-state index contributed by atoms with van der Waals surface area (Å²) in [6, 6.07) is 2.26. The largest absolute Gasteiger partial charge is 0.343 e. The van der Waals surface area contributed by atoms with Crippen molar-refractivity contribution in [2.24, 2.45) is 11.7 Å². The quantitative estimate of drug-likeness (QED) is 0.907. The van der Waals surface area contributed by atoms with Crippen LogP contribution in [-0.2, 0) is 11.2 Å². The molecule has 2 heterocycles. The van der Waals surface area contributed by atoms with E-state index in [9.17, 15) is 4.79 Å². The molecule has 2 rings (SSSR count). The number of amides is 1. The standard InChI is InChI=1S/C16H26N2OS/c1-12-10-15(13(2)20-12)4-3-5-16(19)18-8-6-14(11-17)7-9-18/h10,14H,3-9,11,17H2,1-2H3. The fourth-order valence-corrected chi connectivity index (χ4v) is 3.91. The maximum absolute atomic E-state index is 12.2. The molecular formula is C16H26N2OS. The molecule has 0 bridgehead atoms. The summed E-state index contributed by atoms with van der Waals surface area (Å²) in [5.41, 5.74) is 7.10. The summed E-state index contributed by atoms with van der Waals surface area (Å²) in [4.78, 5) is 17.0. The average molecular weight is 294 g/mol. The summed E-state index contributed by atoms with van der Waals surface area (Å²) in [7, 11) is 0. The lowest BCUT2D eigenvalue weighted by molar-refractivity contribution is -0.132. The SMILES string of the molecule is Cc1cc(CCCC(=O)N2CCC(CN)CC2)c(C)s1. The van der Waals surface area contributed by atoms with Gasteiger partial charge in [-0.2, -0.15) is 0 Å². The average Bonchev–Trinajstić information content (AvgIpc) is 2.77. The number of rotatable bonds is 5. The lowest BCUT2D eigenvalue weighted by Crippen LogP contribution is -2.39. The lowest BCUT2D eigenvalue weighted by Gasteiger charge is -2.31. The third-order valence-corrected chi connectivity index (χ3v) is 5.29. The highest BCUT2D eigenvalue weighted by molar-refractivity contribution is 7.12. The van der Waals surface area contributed by atoms with E-state index in [0.717, 1.165) is 45.3 Å². The van der Waals surface area contributed by atoms with Crippen LogP contribution in [0.4, 0.5) is 0 Å². The van der Waals surface area contributed by atoms with E-state index >= 15 is 0 Å². The molecule has 2 N–H and O–H groups in total. The van der Waals surface area contributed by atoms with Gasteiger partial charge in [-0.1, -0.05) is 0 Å². The van der Waals surface area contributed by atoms with Crippen molar-refractivity contribution in [2.75, 3.05) is 19.6 Å². The van der Waals surface area contributed by atoms with E-state index in [4.69, 9.17) is 5.73 Å². The zero-order valence-corrected chi connectivity index (χ0v) is 13.5. The summed E-state index contributed by atoms with van der Waals surface area (Å²) >= 11 is 1.85. The topological polar surface area (TPSA) is 46.3 Å². The fourth-order valence-electron chi connectivity index (χ4n) is 2.94. The van der Waals surface area contributed by atoms with Crippen molar-refractivity contribution < 1.29 is 4.79 Å². The van der Waals surface area contributed by atoms with Crippen molar-refractivity contribution in [3.63, 3.8) is 0 Å². The van der Waals surface area contributed by atoms with Crippen LogP contribution in [-0.4, -0.2) is 30.4 Å². The first kappa shape index (κ1) is 15.5. The molecule has 0 radical (unpaired) electrons. The Hall–Kier alpha value is -0.870. The Balaban J connectivity index is 1.72. The second kappa shape index (κ2) is 7.23. The third kappa shape index (κ3) is 4.06. The Morgan fingerprint density at radius 1 is 1.40 bits per heavy atom. The molecule has 1 fully saturated rings. The maximum Gasteiger partial charge on any atom is 0.222 e. The zero-order chi connectivity index (χ0) is 14.5. The number of hydrogen-bond donors (Lipinski definition) is 1. The summed E-state index contributed by atoms with van der Waals surface area (Å²) in [6.45, 7) is 6.88. The van der Waals surface area contributed by atoms with Gasteiger partial charge in [0.15, 0.2) is 0 Å². The normalized spacial score (nSPS) is 16.6. The number of carbonyl (C=O) groups excluding carboxylic acids is 1.